The average molecular weight is 583 g/mol. The molecule has 1 fully saturated rings. The first-order valence-electron chi connectivity index (χ1n) is 14.2. The fourth-order valence-corrected chi connectivity index (χ4v) is 5.29. The molecular weight excluding hydrogens is 548 g/mol. The number of benzene rings is 2. The van der Waals surface area contributed by atoms with Gasteiger partial charge in [0.25, 0.3) is 0 Å². The summed E-state index contributed by atoms with van der Waals surface area (Å²) < 4.78 is 25.6. The highest BCUT2D eigenvalue weighted by molar-refractivity contribution is 5.91. The number of hydrogen-bond acceptors (Lipinski definition) is 9. The zero-order valence-corrected chi connectivity index (χ0v) is 24.7. The molecule has 6 rings (SSSR count). The number of methoxy groups -OCH3 is 2. The van der Waals surface area contributed by atoms with Crippen molar-refractivity contribution in [1.29, 1.82) is 0 Å². The second kappa shape index (κ2) is 12.1. The van der Waals surface area contributed by atoms with Crippen molar-refractivity contribution in [3.05, 3.63) is 77.7 Å². The highest BCUT2D eigenvalue weighted by atomic mass is 16.5. The van der Waals surface area contributed by atoms with Crippen LogP contribution in [0.25, 0.3) is 28.2 Å². The molecule has 4 heterocycles. The van der Waals surface area contributed by atoms with Gasteiger partial charge in [-0.3, -0.25) is 0 Å². The first-order chi connectivity index (χ1) is 21.0. The van der Waals surface area contributed by atoms with Gasteiger partial charge in [-0.15, -0.1) is 0 Å². The Hall–Kier alpha value is -4.90. The number of morpholine rings is 1. The van der Waals surface area contributed by atoms with Crippen LogP contribution in [0.15, 0.2) is 60.9 Å². The molecule has 1 saturated heterocycles. The zero-order chi connectivity index (χ0) is 29.9. The number of aryl methyl sites for hydroxylation is 1. The third-order valence-corrected chi connectivity index (χ3v) is 7.45. The molecule has 0 bridgehead atoms. The average Bonchev–Trinajstić information content (AvgIpc) is 3.66. The number of anilines is 1. The van der Waals surface area contributed by atoms with Crippen LogP contribution in [0.3, 0.4) is 0 Å². The van der Waals surface area contributed by atoms with Crippen molar-refractivity contribution in [2.75, 3.05) is 52.0 Å². The van der Waals surface area contributed by atoms with Crippen molar-refractivity contribution < 1.29 is 23.7 Å². The van der Waals surface area contributed by atoms with E-state index in [9.17, 15) is 4.79 Å². The summed E-state index contributed by atoms with van der Waals surface area (Å²) in [6.07, 6.45) is 1.78. The predicted octanol–water partition coefficient (Wildman–Crippen LogP) is 4.67. The molecule has 0 aliphatic carbocycles. The fourth-order valence-electron chi connectivity index (χ4n) is 5.29. The minimum Gasteiger partial charge on any atom is -0.497 e. The van der Waals surface area contributed by atoms with Crippen LogP contribution in [0.4, 0.5) is 5.69 Å². The van der Waals surface area contributed by atoms with Crippen LogP contribution < -0.4 is 14.4 Å². The summed E-state index contributed by atoms with van der Waals surface area (Å²) >= 11 is 0. The maximum absolute atomic E-state index is 13.2. The summed E-state index contributed by atoms with van der Waals surface area (Å²) in [5.41, 5.74) is 6.18. The summed E-state index contributed by atoms with van der Waals surface area (Å²) in [6, 6.07) is 17.4. The normalized spacial score (nSPS) is 13.3. The van der Waals surface area contributed by atoms with Gasteiger partial charge in [0.2, 0.25) is 0 Å². The molecule has 0 saturated carbocycles. The van der Waals surface area contributed by atoms with E-state index in [1.165, 1.54) is 0 Å². The van der Waals surface area contributed by atoms with Crippen LogP contribution in [0.2, 0.25) is 0 Å². The number of nitrogens with zero attached hydrogens (tertiary/aromatic N) is 6. The number of imidazole rings is 1. The number of carbonyl (C=O) groups is 1. The third-order valence-electron chi connectivity index (χ3n) is 7.45. The molecule has 0 spiro atoms. The first kappa shape index (κ1) is 28.2. The van der Waals surface area contributed by atoms with Crippen LogP contribution in [0.1, 0.15) is 28.5 Å². The van der Waals surface area contributed by atoms with Gasteiger partial charge in [0.05, 0.1) is 58.3 Å². The van der Waals surface area contributed by atoms with E-state index in [2.05, 4.69) is 4.90 Å². The quantitative estimate of drug-likeness (QED) is 0.229. The van der Waals surface area contributed by atoms with E-state index in [0.717, 1.165) is 27.9 Å². The van der Waals surface area contributed by atoms with E-state index in [4.69, 9.17) is 34.0 Å². The zero-order valence-electron chi connectivity index (χ0n) is 24.7. The van der Waals surface area contributed by atoms with Crippen LogP contribution in [0.5, 0.6) is 11.5 Å². The van der Waals surface area contributed by atoms with Crippen molar-refractivity contribution in [3.63, 3.8) is 0 Å². The molecule has 3 aromatic heterocycles. The number of carbonyl (C=O) groups excluding carboxylic acids is 1. The van der Waals surface area contributed by atoms with Gasteiger partial charge in [-0.1, -0.05) is 23.8 Å². The summed E-state index contributed by atoms with van der Waals surface area (Å²) in [4.78, 5) is 25.3. The Morgan fingerprint density at radius 2 is 1.86 bits per heavy atom. The van der Waals surface area contributed by atoms with Gasteiger partial charge < -0.3 is 28.4 Å². The van der Waals surface area contributed by atoms with Crippen molar-refractivity contribution in [1.82, 2.24) is 24.3 Å². The maximum atomic E-state index is 13.2. The number of rotatable bonds is 9. The standard InChI is InChI=1S/C32H34N6O5/c1-5-43-32(39)27-17-25(22-8-6-7-21(2)15-22)35-38(27)29-18-26(36-11-13-42-14-12-36)30-31(34-29)37(20-33-30)19-23-9-10-24(40-3)16-28(23)41-4/h6-10,15-18,20H,5,11-14,19H2,1-4H3. The lowest BCUT2D eigenvalue weighted by Gasteiger charge is -2.29. The monoisotopic (exact) mass is 582 g/mol. The Labute approximate surface area is 249 Å². The molecule has 43 heavy (non-hydrogen) atoms. The highest BCUT2D eigenvalue weighted by Crippen LogP contribution is 2.32. The topological polar surface area (TPSA) is 106 Å². The predicted molar refractivity (Wildman–Crippen MR) is 162 cm³/mol. The Morgan fingerprint density at radius 1 is 1.02 bits per heavy atom. The van der Waals surface area contributed by atoms with Crippen molar-refractivity contribution >= 4 is 22.8 Å². The minimum atomic E-state index is -0.472. The molecular formula is C32H34N6O5. The number of esters is 1. The molecule has 2 aromatic carbocycles. The molecule has 0 N–H and O–H groups in total. The number of hydrogen-bond donors (Lipinski definition) is 0. The molecule has 0 radical (unpaired) electrons. The smallest absolute Gasteiger partial charge is 0.357 e. The summed E-state index contributed by atoms with van der Waals surface area (Å²) in [5, 5.41) is 4.88. The Morgan fingerprint density at radius 3 is 2.60 bits per heavy atom. The lowest BCUT2D eigenvalue weighted by Crippen LogP contribution is -2.36. The molecule has 222 valence electrons. The van der Waals surface area contributed by atoms with E-state index in [1.54, 1.807) is 38.2 Å². The van der Waals surface area contributed by atoms with Crippen LogP contribution in [0, 0.1) is 6.92 Å². The fraction of sp³-hybridized carbons (Fsp3) is 0.312. The van der Waals surface area contributed by atoms with Gasteiger partial charge >= 0.3 is 5.97 Å². The van der Waals surface area contributed by atoms with Gasteiger partial charge in [-0.05, 0) is 38.1 Å². The Balaban J connectivity index is 1.52. The van der Waals surface area contributed by atoms with Crippen molar-refractivity contribution in [2.24, 2.45) is 0 Å². The van der Waals surface area contributed by atoms with Gasteiger partial charge in [0.1, 0.15) is 17.0 Å². The second-order valence-electron chi connectivity index (χ2n) is 10.2. The largest absolute Gasteiger partial charge is 0.497 e. The number of fused-ring (bicyclic) bond motifs is 1. The van der Waals surface area contributed by atoms with Crippen molar-refractivity contribution in [2.45, 2.75) is 20.4 Å². The van der Waals surface area contributed by atoms with E-state index < -0.39 is 5.97 Å². The molecule has 11 heteroatoms. The molecule has 0 amide bonds. The van der Waals surface area contributed by atoms with Gasteiger partial charge in [-0.2, -0.15) is 5.10 Å². The lowest BCUT2D eigenvalue weighted by molar-refractivity contribution is 0.0515. The van der Waals surface area contributed by atoms with Crippen LogP contribution in [-0.4, -0.2) is 77.4 Å². The SMILES string of the molecule is CCOC(=O)c1cc(-c2cccc(C)c2)nn1-c1cc(N2CCOCC2)c2ncn(Cc3ccc(OC)cc3OC)c2n1. The molecule has 1 aliphatic rings. The summed E-state index contributed by atoms with van der Waals surface area (Å²) in [5.74, 6) is 1.42. The number of pyridine rings is 1. The van der Waals surface area contributed by atoms with Gasteiger partial charge in [-0.25, -0.2) is 19.4 Å². The molecule has 11 nitrogen and oxygen atoms in total. The summed E-state index contributed by atoms with van der Waals surface area (Å²) in [7, 11) is 3.26. The van der Waals surface area contributed by atoms with Crippen LogP contribution >= 0.6 is 0 Å². The van der Waals surface area contributed by atoms with E-state index in [0.29, 0.717) is 67.2 Å². The molecule has 0 unspecified atom stereocenters. The second-order valence-corrected chi connectivity index (χ2v) is 10.2. The van der Waals surface area contributed by atoms with Gasteiger partial charge in [0, 0.05) is 36.3 Å². The van der Waals surface area contributed by atoms with Gasteiger partial charge in [0.15, 0.2) is 17.2 Å². The van der Waals surface area contributed by atoms with Crippen LogP contribution in [-0.2, 0) is 16.0 Å². The highest BCUT2D eigenvalue weighted by Gasteiger charge is 2.24. The number of ether oxygens (including phenoxy) is 4. The first-order valence-corrected chi connectivity index (χ1v) is 14.2. The molecule has 5 aromatic rings. The molecule has 0 atom stereocenters. The minimum absolute atomic E-state index is 0.242. The maximum Gasteiger partial charge on any atom is 0.357 e. The number of aromatic nitrogens is 5. The Bertz CT molecular complexity index is 1770. The lowest BCUT2D eigenvalue weighted by atomic mass is 10.1. The van der Waals surface area contributed by atoms with E-state index in [1.807, 2.05) is 60.0 Å². The Kier molecular flexibility index (Phi) is 7.97. The van der Waals surface area contributed by atoms with Crippen molar-refractivity contribution in [3.8, 4) is 28.6 Å². The third kappa shape index (κ3) is 5.63. The van der Waals surface area contributed by atoms with E-state index in [-0.39, 0.29) is 6.61 Å². The summed E-state index contributed by atoms with van der Waals surface area (Å²) in [6.45, 7) is 7.13. The van der Waals surface area contributed by atoms with E-state index >= 15 is 0 Å². The molecule has 1 aliphatic heterocycles.